The summed E-state index contributed by atoms with van der Waals surface area (Å²) >= 11 is 3.56. The third-order valence-corrected chi connectivity index (χ3v) is 3.74. The summed E-state index contributed by atoms with van der Waals surface area (Å²) < 4.78 is 3.25. The van der Waals surface area contributed by atoms with Gasteiger partial charge in [-0.1, -0.05) is 12.1 Å². The van der Waals surface area contributed by atoms with Gasteiger partial charge in [-0.05, 0) is 47.5 Å². The number of nitrogen functional groups attached to an aromatic ring is 1. The number of aryl methyl sites for hydroxylation is 1. The Bertz CT molecular complexity index is 500. The smallest absolute Gasteiger partial charge is 0.0683 e. The summed E-state index contributed by atoms with van der Waals surface area (Å²) in [4.78, 5) is 0. The van der Waals surface area contributed by atoms with Crippen LogP contribution in [-0.2, 0) is 0 Å². The molecule has 2 rings (SSSR count). The molecule has 15 heavy (non-hydrogen) atoms. The number of halogens is 1. The molecule has 3 heteroatoms. The molecule has 1 heterocycles. The first-order valence-corrected chi connectivity index (χ1v) is 5.59. The third kappa shape index (κ3) is 1.67. The maximum atomic E-state index is 5.94. The zero-order valence-electron chi connectivity index (χ0n) is 8.79. The van der Waals surface area contributed by atoms with Crippen LogP contribution in [0, 0.1) is 13.8 Å². The number of nitrogens with two attached hydrogens (primary N) is 1. The van der Waals surface area contributed by atoms with Crippen LogP contribution >= 0.6 is 15.9 Å². The van der Waals surface area contributed by atoms with E-state index < -0.39 is 0 Å². The van der Waals surface area contributed by atoms with Crippen LogP contribution in [0.4, 0.5) is 5.69 Å². The summed E-state index contributed by atoms with van der Waals surface area (Å²) in [5.74, 6) is 0. The van der Waals surface area contributed by atoms with Gasteiger partial charge >= 0.3 is 0 Å². The van der Waals surface area contributed by atoms with E-state index in [2.05, 4.69) is 40.5 Å². The van der Waals surface area contributed by atoms with Crippen molar-refractivity contribution in [3.05, 3.63) is 46.2 Å². The molecule has 0 bridgehead atoms. The molecule has 0 unspecified atom stereocenters. The highest BCUT2D eigenvalue weighted by Gasteiger charge is 2.09. The number of anilines is 1. The summed E-state index contributed by atoms with van der Waals surface area (Å²) in [6.07, 6.45) is 2.09. The van der Waals surface area contributed by atoms with Gasteiger partial charge in [0.05, 0.1) is 11.4 Å². The fourth-order valence-corrected chi connectivity index (χ4v) is 1.99. The molecule has 0 amide bonds. The maximum absolute atomic E-state index is 5.94. The first-order chi connectivity index (χ1) is 7.11. The molecule has 0 saturated heterocycles. The first kappa shape index (κ1) is 10.3. The molecule has 0 spiro atoms. The average molecular weight is 265 g/mol. The fourth-order valence-electron chi connectivity index (χ4n) is 1.70. The minimum Gasteiger partial charge on any atom is -0.397 e. The lowest BCUT2D eigenvalue weighted by Gasteiger charge is -2.08. The Balaban J connectivity index is 2.65. The highest BCUT2D eigenvalue weighted by molar-refractivity contribution is 9.10. The Kier molecular flexibility index (Phi) is 2.57. The molecule has 0 fully saturated rings. The van der Waals surface area contributed by atoms with Crippen molar-refractivity contribution >= 4 is 21.6 Å². The summed E-state index contributed by atoms with van der Waals surface area (Å²) in [5.41, 5.74) is 10.2. The molecule has 0 radical (unpaired) electrons. The quantitative estimate of drug-likeness (QED) is 0.787. The van der Waals surface area contributed by atoms with Crippen LogP contribution in [0.2, 0.25) is 0 Å². The van der Waals surface area contributed by atoms with E-state index in [1.54, 1.807) is 0 Å². The van der Waals surface area contributed by atoms with E-state index in [0.29, 0.717) is 0 Å². The predicted octanol–water partition coefficient (Wildman–Crippen LogP) is 3.44. The van der Waals surface area contributed by atoms with E-state index in [0.717, 1.165) is 15.8 Å². The normalized spacial score (nSPS) is 10.6. The average Bonchev–Trinajstić information content (AvgIpc) is 2.47. The van der Waals surface area contributed by atoms with Gasteiger partial charge in [0.1, 0.15) is 0 Å². The summed E-state index contributed by atoms with van der Waals surface area (Å²) in [6, 6.07) is 7.88. The van der Waals surface area contributed by atoms with Gasteiger partial charge in [0, 0.05) is 16.4 Å². The SMILES string of the molecule is Cc1cn(-c2ccccc2N)c(C)c1Br. The van der Waals surface area contributed by atoms with Gasteiger partial charge < -0.3 is 10.3 Å². The van der Waals surface area contributed by atoms with Crippen LogP contribution in [0.3, 0.4) is 0 Å². The minimum absolute atomic E-state index is 0.795. The lowest BCUT2D eigenvalue weighted by Crippen LogP contribution is -1.99. The molecule has 2 N–H and O–H groups in total. The summed E-state index contributed by atoms with van der Waals surface area (Å²) in [7, 11) is 0. The molecule has 0 aliphatic heterocycles. The zero-order valence-corrected chi connectivity index (χ0v) is 10.4. The van der Waals surface area contributed by atoms with E-state index in [1.165, 1.54) is 11.3 Å². The molecular weight excluding hydrogens is 252 g/mol. The van der Waals surface area contributed by atoms with Crippen molar-refractivity contribution in [1.82, 2.24) is 4.57 Å². The molecule has 0 aliphatic carbocycles. The van der Waals surface area contributed by atoms with Gasteiger partial charge in [0.15, 0.2) is 0 Å². The zero-order chi connectivity index (χ0) is 11.0. The Morgan fingerprint density at radius 1 is 1.20 bits per heavy atom. The van der Waals surface area contributed by atoms with Crippen molar-refractivity contribution in [2.45, 2.75) is 13.8 Å². The molecule has 0 atom stereocenters. The minimum atomic E-state index is 0.795. The van der Waals surface area contributed by atoms with Crippen molar-refractivity contribution < 1.29 is 0 Å². The van der Waals surface area contributed by atoms with Gasteiger partial charge in [0.25, 0.3) is 0 Å². The number of hydrogen-bond donors (Lipinski definition) is 1. The maximum Gasteiger partial charge on any atom is 0.0683 e. The Morgan fingerprint density at radius 3 is 2.40 bits per heavy atom. The van der Waals surface area contributed by atoms with E-state index in [-0.39, 0.29) is 0 Å². The highest BCUT2D eigenvalue weighted by Crippen LogP contribution is 2.27. The second-order valence-electron chi connectivity index (χ2n) is 3.64. The van der Waals surface area contributed by atoms with Crippen molar-refractivity contribution in [3.8, 4) is 5.69 Å². The number of nitrogens with zero attached hydrogens (tertiary/aromatic N) is 1. The van der Waals surface area contributed by atoms with Crippen molar-refractivity contribution in [3.63, 3.8) is 0 Å². The fraction of sp³-hybridized carbons (Fsp3) is 0.167. The van der Waals surface area contributed by atoms with Crippen LogP contribution < -0.4 is 5.73 Å². The third-order valence-electron chi connectivity index (χ3n) is 2.54. The van der Waals surface area contributed by atoms with Crippen molar-refractivity contribution in [2.75, 3.05) is 5.73 Å². The number of benzene rings is 1. The number of rotatable bonds is 1. The van der Waals surface area contributed by atoms with Crippen LogP contribution in [0.15, 0.2) is 34.9 Å². The number of aromatic nitrogens is 1. The molecule has 2 aromatic rings. The molecule has 2 nitrogen and oxygen atoms in total. The monoisotopic (exact) mass is 264 g/mol. The lowest BCUT2D eigenvalue weighted by molar-refractivity contribution is 1.01. The Labute approximate surface area is 97.8 Å². The molecule has 1 aromatic carbocycles. The van der Waals surface area contributed by atoms with E-state index in [9.17, 15) is 0 Å². The van der Waals surface area contributed by atoms with Crippen LogP contribution in [0.1, 0.15) is 11.3 Å². The van der Waals surface area contributed by atoms with Crippen LogP contribution in [0.5, 0.6) is 0 Å². The van der Waals surface area contributed by atoms with Crippen molar-refractivity contribution in [1.29, 1.82) is 0 Å². The van der Waals surface area contributed by atoms with E-state index in [1.807, 2.05) is 24.3 Å². The molecule has 1 aromatic heterocycles. The van der Waals surface area contributed by atoms with E-state index in [4.69, 9.17) is 5.73 Å². The second-order valence-corrected chi connectivity index (χ2v) is 4.43. The van der Waals surface area contributed by atoms with E-state index >= 15 is 0 Å². The topological polar surface area (TPSA) is 30.9 Å². The lowest BCUT2D eigenvalue weighted by atomic mass is 10.2. The summed E-state index contributed by atoms with van der Waals surface area (Å²) in [6.45, 7) is 4.15. The van der Waals surface area contributed by atoms with Gasteiger partial charge in [0.2, 0.25) is 0 Å². The van der Waals surface area contributed by atoms with Gasteiger partial charge in [-0.25, -0.2) is 0 Å². The van der Waals surface area contributed by atoms with Crippen LogP contribution in [0.25, 0.3) is 5.69 Å². The number of para-hydroxylation sites is 2. The largest absolute Gasteiger partial charge is 0.397 e. The summed E-state index contributed by atoms with van der Waals surface area (Å²) in [5, 5.41) is 0. The van der Waals surface area contributed by atoms with Crippen molar-refractivity contribution in [2.24, 2.45) is 0 Å². The predicted molar refractivity (Wildman–Crippen MR) is 67.4 cm³/mol. The number of hydrogen-bond acceptors (Lipinski definition) is 1. The molecular formula is C12H13BrN2. The van der Waals surface area contributed by atoms with Gasteiger partial charge in [-0.3, -0.25) is 0 Å². The highest BCUT2D eigenvalue weighted by atomic mass is 79.9. The second kappa shape index (κ2) is 3.74. The molecule has 0 aliphatic rings. The van der Waals surface area contributed by atoms with Gasteiger partial charge in [-0.2, -0.15) is 0 Å². The Hall–Kier alpha value is -1.22. The molecule has 0 saturated carbocycles. The standard InChI is InChI=1S/C12H13BrN2/c1-8-7-15(9(2)12(8)13)11-6-4-3-5-10(11)14/h3-7H,14H2,1-2H3. The van der Waals surface area contributed by atoms with Crippen LogP contribution in [-0.4, -0.2) is 4.57 Å². The Morgan fingerprint density at radius 2 is 1.87 bits per heavy atom. The van der Waals surface area contributed by atoms with Gasteiger partial charge in [-0.15, -0.1) is 0 Å². The molecule has 78 valence electrons. The first-order valence-electron chi connectivity index (χ1n) is 4.80.